The smallest absolute Gasteiger partial charge is 0.0448 e. The van der Waals surface area contributed by atoms with Gasteiger partial charge in [0.15, 0.2) is 0 Å². The van der Waals surface area contributed by atoms with Gasteiger partial charge in [-0.25, -0.2) is 4.39 Å². The zero-order valence-corrected chi connectivity index (χ0v) is 14.8. The number of aryl methyl sites for hydroxylation is 1. The summed E-state index contributed by atoms with van der Waals surface area (Å²) in [5.74, 6) is -0.228. The van der Waals surface area contributed by atoms with E-state index < -0.39 is 0 Å². The van der Waals surface area contributed by atoms with Crippen molar-refractivity contribution in [3.8, 4) is 11.3 Å². The molecule has 1 aromatic heterocycles. The minimum Gasteiger partial charge on any atom is -0.304 e. The van der Waals surface area contributed by atoms with Gasteiger partial charge in [-0.3, -0.25) is 0 Å². The summed E-state index contributed by atoms with van der Waals surface area (Å²) in [5, 5.41) is 4.50. The Morgan fingerprint density at radius 3 is 2.61 bits per heavy atom. The van der Waals surface area contributed by atoms with Crippen molar-refractivity contribution in [2.75, 3.05) is 0 Å². The maximum absolute atomic E-state index is 13.9. The summed E-state index contributed by atoms with van der Waals surface area (Å²) in [4.78, 5) is 4.46. The monoisotopic (exact) mass is 479 g/mol. The number of aromatic nitrogens is 1. The van der Waals surface area contributed by atoms with Crippen LogP contribution < -0.4 is 0 Å². The zero-order chi connectivity index (χ0) is 15.1. The Kier molecular flexibility index (Phi) is 4.25. The molecule has 115 valence electrons. The zero-order valence-electron chi connectivity index (χ0n) is 12.4. The van der Waals surface area contributed by atoms with Crippen LogP contribution in [0.5, 0.6) is 0 Å². The van der Waals surface area contributed by atoms with Crippen LogP contribution in [0, 0.1) is 18.8 Å². The fourth-order valence-corrected chi connectivity index (χ4v) is 2.83. The molecule has 0 saturated heterocycles. The van der Waals surface area contributed by atoms with Crippen molar-refractivity contribution in [1.82, 2.24) is 4.98 Å². The van der Waals surface area contributed by atoms with E-state index in [-0.39, 0.29) is 25.9 Å². The molecule has 4 rings (SSSR count). The molecule has 3 heteroatoms. The molecule has 1 radical (unpaired) electrons. The van der Waals surface area contributed by atoms with Crippen molar-refractivity contribution < 1.29 is 24.5 Å². The number of hydrogen-bond donors (Lipinski definition) is 0. The summed E-state index contributed by atoms with van der Waals surface area (Å²) >= 11 is 0. The van der Waals surface area contributed by atoms with E-state index in [0.717, 1.165) is 16.5 Å². The van der Waals surface area contributed by atoms with Crippen LogP contribution >= 0.6 is 0 Å². The van der Waals surface area contributed by atoms with E-state index in [1.54, 1.807) is 19.2 Å². The van der Waals surface area contributed by atoms with Gasteiger partial charge in [-0.1, -0.05) is 48.9 Å². The number of pyridine rings is 1. The first-order valence-corrected chi connectivity index (χ1v) is 7.19. The van der Waals surface area contributed by atoms with Crippen LogP contribution in [0.25, 0.3) is 32.8 Å². The van der Waals surface area contributed by atoms with E-state index in [1.807, 2.05) is 24.3 Å². The molecule has 0 fully saturated rings. The van der Waals surface area contributed by atoms with Gasteiger partial charge in [-0.2, -0.15) is 0 Å². The largest absolute Gasteiger partial charge is 0.304 e. The number of fused-ring (bicyclic) bond motifs is 3. The minimum atomic E-state index is -0.228. The van der Waals surface area contributed by atoms with Crippen LogP contribution in [-0.4, -0.2) is 4.98 Å². The predicted octanol–water partition coefficient (Wildman–Crippen LogP) is 5.30. The molecule has 0 N–H and O–H groups in total. The molecule has 0 aliphatic carbocycles. The first kappa shape index (κ1) is 15.8. The molecule has 4 aromatic rings. The predicted molar refractivity (Wildman–Crippen MR) is 88.2 cm³/mol. The van der Waals surface area contributed by atoms with Crippen molar-refractivity contribution in [2.24, 2.45) is 0 Å². The molecular weight excluding hydrogens is 465 g/mol. The van der Waals surface area contributed by atoms with Gasteiger partial charge in [0, 0.05) is 32.1 Å². The SMILES string of the molecule is Cc1c[c-]c(-c2nccc3c2ccc2ccccc23)cc1F.[Ir]. The standard InChI is InChI=1S/C20H13FN.Ir/c1-13-6-7-15(12-19(13)21)20-18-9-8-14-4-2-3-5-16(14)17(18)10-11-22-20;/h2-6,8-12H,1H3;/q-1;. The molecule has 1 heterocycles. The van der Waals surface area contributed by atoms with E-state index in [0.29, 0.717) is 11.1 Å². The molecule has 0 unspecified atom stereocenters. The van der Waals surface area contributed by atoms with Gasteiger partial charge in [-0.05, 0) is 33.3 Å². The van der Waals surface area contributed by atoms with Crippen LogP contribution in [-0.2, 0) is 20.1 Å². The van der Waals surface area contributed by atoms with Crippen molar-refractivity contribution in [3.63, 3.8) is 0 Å². The Labute approximate surface area is 147 Å². The average molecular weight is 479 g/mol. The van der Waals surface area contributed by atoms with Gasteiger partial charge in [-0.15, -0.1) is 23.8 Å². The maximum atomic E-state index is 13.9. The Hall–Kier alpha value is -2.09. The number of benzene rings is 3. The van der Waals surface area contributed by atoms with E-state index in [9.17, 15) is 4.39 Å². The Morgan fingerprint density at radius 2 is 1.78 bits per heavy atom. The number of hydrogen-bond acceptors (Lipinski definition) is 1. The molecule has 1 nitrogen and oxygen atoms in total. The Bertz CT molecular complexity index is 1010. The van der Waals surface area contributed by atoms with Crippen LogP contribution in [0.1, 0.15) is 5.56 Å². The second-order valence-electron chi connectivity index (χ2n) is 5.42. The molecule has 0 saturated carbocycles. The summed E-state index contributed by atoms with van der Waals surface area (Å²) in [6.07, 6.45) is 1.77. The van der Waals surface area contributed by atoms with E-state index >= 15 is 0 Å². The van der Waals surface area contributed by atoms with Gasteiger partial charge < -0.3 is 4.98 Å². The van der Waals surface area contributed by atoms with Crippen LogP contribution in [0.4, 0.5) is 4.39 Å². The van der Waals surface area contributed by atoms with Crippen molar-refractivity contribution in [2.45, 2.75) is 6.92 Å². The molecule has 0 spiro atoms. The number of halogens is 1. The average Bonchev–Trinajstić information content (AvgIpc) is 2.56. The van der Waals surface area contributed by atoms with E-state index in [1.165, 1.54) is 16.8 Å². The van der Waals surface area contributed by atoms with Gasteiger partial charge in [0.05, 0.1) is 0 Å². The van der Waals surface area contributed by atoms with Gasteiger partial charge in [0.2, 0.25) is 0 Å². The molecular formula is C20H13FIrN-. The Balaban J connectivity index is 0.00000156. The molecule has 0 atom stereocenters. The maximum Gasteiger partial charge on any atom is 0.0448 e. The van der Waals surface area contributed by atoms with Crippen LogP contribution in [0.3, 0.4) is 0 Å². The molecule has 0 bridgehead atoms. The van der Waals surface area contributed by atoms with E-state index in [2.05, 4.69) is 29.2 Å². The quantitative estimate of drug-likeness (QED) is 0.267. The molecule has 0 amide bonds. The third-order valence-corrected chi connectivity index (χ3v) is 4.02. The topological polar surface area (TPSA) is 12.9 Å². The minimum absolute atomic E-state index is 0. The molecule has 23 heavy (non-hydrogen) atoms. The fourth-order valence-electron chi connectivity index (χ4n) is 2.83. The van der Waals surface area contributed by atoms with Crippen LogP contribution in [0.15, 0.2) is 60.8 Å². The third kappa shape index (κ3) is 2.67. The first-order valence-electron chi connectivity index (χ1n) is 7.19. The van der Waals surface area contributed by atoms with E-state index in [4.69, 9.17) is 0 Å². The summed E-state index contributed by atoms with van der Waals surface area (Å²) in [6, 6.07) is 20.7. The number of rotatable bonds is 1. The van der Waals surface area contributed by atoms with Crippen molar-refractivity contribution in [1.29, 1.82) is 0 Å². The number of nitrogens with zero attached hydrogens (tertiary/aromatic N) is 1. The third-order valence-electron chi connectivity index (χ3n) is 4.02. The van der Waals surface area contributed by atoms with Crippen molar-refractivity contribution >= 4 is 21.5 Å². The fraction of sp³-hybridized carbons (Fsp3) is 0.0500. The molecule has 3 aromatic carbocycles. The Morgan fingerprint density at radius 1 is 0.957 bits per heavy atom. The molecule has 0 aliphatic heterocycles. The summed E-state index contributed by atoms with van der Waals surface area (Å²) in [7, 11) is 0. The first-order chi connectivity index (χ1) is 10.7. The van der Waals surface area contributed by atoms with Crippen LogP contribution in [0.2, 0.25) is 0 Å². The summed E-state index contributed by atoms with van der Waals surface area (Å²) in [5.41, 5.74) is 2.04. The summed E-state index contributed by atoms with van der Waals surface area (Å²) in [6.45, 7) is 1.74. The molecule has 0 aliphatic rings. The van der Waals surface area contributed by atoms with Gasteiger partial charge in [0.1, 0.15) is 0 Å². The second kappa shape index (κ2) is 6.19. The second-order valence-corrected chi connectivity index (χ2v) is 5.42. The summed E-state index contributed by atoms with van der Waals surface area (Å²) < 4.78 is 13.9. The van der Waals surface area contributed by atoms with Gasteiger partial charge >= 0.3 is 0 Å². The normalized spacial score (nSPS) is 10.7. The van der Waals surface area contributed by atoms with Gasteiger partial charge in [0.25, 0.3) is 0 Å². The van der Waals surface area contributed by atoms with Crippen molar-refractivity contribution in [3.05, 3.63) is 78.2 Å².